The molecule has 4 rings (SSSR count). The number of fused-ring (bicyclic) bond motifs is 1. The maximum absolute atomic E-state index is 13.8. The van der Waals surface area contributed by atoms with Gasteiger partial charge >= 0.3 is 0 Å². The fourth-order valence-electron chi connectivity index (χ4n) is 4.40. The maximum Gasteiger partial charge on any atom is 0.268 e. The normalized spacial score (nSPS) is 16.2. The third-order valence-electron chi connectivity index (χ3n) is 6.34. The first-order valence-corrected chi connectivity index (χ1v) is 15.8. The first-order chi connectivity index (χ1) is 20.5. The maximum atomic E-state index is 13.8. The van der Waals surface area contributed by atoms with Crippen molar-refractivity contribution in [1.29, 1.82) is 0 Å². The molecule has 2 aromatic carbocycles. The Labute approximate surface area is 253 Å². The number of amides is 2. The van der Waals surface area contributed by atoms with Gasteiger partial charge in [0, 0.05) is 23.7 Å². The Kier molecular flexibility index (Phi) is 10.3. The molecule has 43 heavy (non-hydrogen) atoms. The summed E-state index contributed by atoms with van der Waals surface area (Å²) in [6.07, 6.45) is 0.579. The number of aromatic nitrogens is 1. The van der Waals surface area contributed by atoms with Crippen molar-refractivity contribution < 1.29 is 22.8 Å². The highest BCUT2D eigenvalue weighted by Crippen LogP contribution is 2.25. The van der Waals surface area contributed by atoms with E-state index in [1.165, 1.54) is 6.20 Å². The van der Waals surface area contributed by atoms with Crippen LogP contribution < -0.4 is 26.4 Å². The molecule has 1 aromatic heterocycles. The number of hydrogen-bond donors (Lipinski definition) is 4. The van der Waals surface area contributed by atoms with E-state index in [1.807, 2.05) is 0 Å². The third kappa shape index (κ3) is 8.53. The quantitative estimate of drug-likeness (QED) is 0.0938. The van der Waals surface area contributed by atoms with Crippen LogP contribution in [0.4, 0.5) is 5.69 Å². The van der Waals surface area contributed by atoms with E-state index in [1.54, 1.807) is 66.9 Å². The van der Waals surface area contributed by atoms with Crippen LogP contribution in [0.3, 0.4) is 0 Å². The molecular formula is C28H32N8O5S2. The molecule has 226 valence electrons. The highest BCUT2D eigenvalue weighted by Gasteiger charge is 2.35. The van der Waals surface area contributed by atoms with Gasteiger partial charge in [0.2, 0.25) is 21.7 Å². The minimum Gasteiger partial charge on any atom is -0.388 e. The van der Waals surface area contributed by atoms with Crippen molar-refractivity contribution in [3.63, 3.8) is 0 Å². The van der Waals surface area contributed by atoms with E-state index in [4.69, 9.17) is 11.5 Å². The number of aliphatic imine (C=N–C) groups is 2. The van der Waals surface area contributed by atoms with Crippen molar-refractivity contribution in [2.45, 2.75) is 37.7 Å². The number of anilines is 1. The van der Waals surface area contributed by atoms with Crippen LogP contribution in [0.2, 0.25) is 0 Å². The van der Waals surface area contributed by atoms with Crippen LogP contribution in [0, 0.1) is 0 Å². The lowest BCUT2D eigenvalue weighted by atomic mass is 10.1. The Morgan fingerprint density at radius 1 is 1.14 bits per heavy atom. The fraction of sp³-hybridized carbons (Fsp3) is 0.286. The molecule has 1 aliphatic rings. The minimum atomic E-state index is -4.05. The van der Waals surface area contributed by atoms with E-state index in [0.29, 0.717) is 29.9 Å². The summed E-state index contributed by atoms with van der Waals surface area (Å²) in [5, 5.41) is 4.60. The van der Waals surface area contributed by atoms with Crippen LogP contribution in [0.1, 0.15) is 40.7 Å². The Bertz CT molecular complexity index is 1620. The summed E-state index contributed by atoms with van der Waals surface area (Å²) >= 11 is 1.15. The number of benzene rings is 2. The van der Waals surface area contributed by atoms with Gasteiger partial charge in [-0.25, -0.2) is 18.4 Å². The zero-order valence-electron chi connectivity index (χ0n) is 23.3. The topological polar surface area (TPSA) is 202 Å². The number of carbonyl (C=O) groups is 3. The fourth-order valence-corrected chi connectivity index (χ4v) is 6.24. The molecule has 0 aliphatic carbocycles. The number of nitrogens with zero attached hydrogens (tertiary/aromatic N) is 4. The molecule has 0 fully saturated rings. The lowest BCUT2D eigenvalue weighted by Gasteiger charge is -2.26. The van der Waals surface area contributed by atoms with Crippen molar-refractivity contribution in [1.82, 2.24) is 15.0 Å². The van der Waals surface area contributed by atoms with Crippen LogP contribution in [-0.4, -0.2) is 68.0 Å². The van der Waals surface area contributed by atoms with Crippen molar-refractivity contribution in [2.24, 2.45) is 21.5 Å². The van der Waals surface area contributed by atoms with Crippen molar-refractivity contribution >= 4 is 56.3 Å². The summed E-state index contributed by atoms with van der Waals surface area (Å²) in [4.78, 5) is 53.8. The van der Waals surface area contributed by atoms with Gasteiger partial charge in [0.05, 0.1) is 23.3 Å². The molecule has 3 aromatic rings. The number of Topliss-reactive ketones (excluding diaryl/α,β-unsaturated/α-hetero) is 1. The number of sulfonamides is 1. The van der Waals surface area contributed by atoms with Crippen LogP contribution >= 0.6 is 11.3 Å². The Morgan fingerprint density at radius 2 is 1.86 bits per heavy atom. The van der Waals surface area contributed by atoms with Gasteiger partial charge in [0.25, 0.3) is 5.91 Å². The molecular weight excluding hydrogens is 592 g/mol. The second kappa shape index (κ2) is 14.1. The number of carbonyl (C=O) groups excluding carboxylic acids is 3. The first-order valence-electron chi connectivity index (χ1n) is 13.3. The summed E-state index contributed by atoms with van der Waals surface area (Å²) in [6, 6.07) is 14.0. The monoisotopic (exact) mass is 624 g/mol. The number of nitrogens with one attached hydrogen (secondary N) is 2. The summed E-state index contributed by atoms with van der Waals surface area (Å²) in [5.41, 5.74) is 12.9. The molecule has 1 unspecified atom stereocenters. The minimum absolute atomic E-state index is 0.0770. The zero-order valence-corrected chi connectivity index (χ0v) is 25.0. The smallest absolute Gasteiger partial charge is 0.268 e. The molecule has 6 N–H and O–H groups in total. The van der Waals surface area contributed by atoms with Crippen LogP contribution in [0.25, 0.3) is 0 Å². The Morgan fingerprint density at radius 3 is 2.56 bits per heavy atom. The average molecular weight is 625 g/mol. The van der Waals surface area contributed by atoms with E-state index in [9.17, 15) is 22.8 Å². The third-order valence-corrected chi connectivity index (χ3v) is 8.42. The lowest BCUT2D eigenvalue weighted by Crippen LogP contribution is -2.52. The second-order valence-electron chi connectivity index (χ2n) is 9.71. The van der Waals surface area contributed by atoms with Gasteiger partial charge < -0.3 is 16.8 Å². The molecule has 15 heteroatoms. The van der Waals surface area contributed by atoms with Gasteiger partial charge in [0.1, 0.15) is 12.4 Å². The van der Waals surface area contributed by atoms with Gasteiger partial charge in [-0.2, -0.15) is 4.72 Å². The van der Waals surface area contributed by atoms with Gasteiger partial charge in [0.15, 0.2) is 11.2 Å². The van der Waals surface area contributed by atoms with E-state index in [-0.39, 0.29) is 28.7 Å². The molecule has 0 radical (unpaired) electrons. The summed E-state index contributed by atoms with van der Waals surface area (Å²) in [6.45, 7) is 1.48. The lowest BCUT2D eigenvalue weighted by molar-refractivity contribution is -0.124. The van der Waals surface area contributed by atoms with Gasteiger partial charge in [-0.1, -0.05) is 42.5 Å². The average Bonchev–Trinajstić information content (AvgIpc) is 3.49. The standard InChI is InChI=1S/C28H32N8O5S2/c1-18(29)31-13-7-11-21(24(38)27-32-14-15-42-27)33-23(37)16-36-22-12-6-5-10-20(22)25(30)34-26(28(36)39)35-43(40,41)17-19-8-3-2-4-9-19/h2-6,8-10,12,14-15,21,26,35H,7,11,13,16-17H2,1H3,(H2,29,31)(H2,30,34)(H,33,37)/t21-,26?/m0/s1. The molecule has 0 saturated heterocycles. The molecule has 0 spiro atoms. The largest absolute Gasteiger partial charge is 0.388 e. The highest BCUT2D eigenvalue weighted by atomic mass is 32.2. The van der Waals surface area contributed by atoms with E-state index in [2.05, 4.69) is 25.0 Å². The number of rotatable bonds is 13. The first kappa shape index (κ1) is 31.5. The van der Waals surface area contributed by atoms with E-state index in [0.717, 1.165) is 16.2 Å². The summed E-state index contributed by atoms with van der Waals surface area (Å²) in [7, 11) is -4.05. The Hall–Kier alpha value is -4.47. The van der Waals surface area contributed by atoms with E-state index < -0.39 is 46.3 Å². The molecule has 2 atom stereocenters. The summed E-state index contributed by atoms with van der Waals surface area (Å²) in [5.74, 6) is -1.90. The van der Waals surface area contributed by atoms with Crippen molar-refractivity contribution in [3.8, 4) is 0 Å². The SMILES string of the molecule is CC(N)=NCCC[C@H](NC(=O)CN1C(=O)C(NS(=O)(=O)Cc2ccccc2)N=C(N)c2ccccc21)C(=O)c1nccs1. The van der Waals surface area contributed by atoms with Crippen LogP contribution in [0.5, 0.6) is 0 Å². The number of thiazole rings is 1. The van der Waals surface area contributed by atoms with Gasteiger partial charge in [-0.05, 0) is 37.5 Å². The van der Waals surface area contributed by atoms with E-state index >= 15 is 0 Å². The number of hydrogen-bond acceptors (Lipinski definition) is 10. The number of ketones is 1. The highest BCUT2D eigenvalue weighted by molar-refractivity contribution is 7.88. The Balaban J connectivity index is 1.56. The van der Waals surface area contributed by atoms with Crippen LogP contribution in [0.15, 0.2) is 76.2 Å². The molecule has 2 amide bonds. The van der Waals surface area contributed by atoms with Crippen molar-refractivity contribution in [2.75, 3.05) is 18.0 Å². The predicted octanol–water partition coefficient (Wildman–Crippen LogP) is 1.17. The number of amidine groups is 2. The number of para-hydroxylation sites is 1. The van der Waals surface area contributed by atoms with Crippen molar-refractivity contribution in [3.05, 3.63) is 82.3 Å². The molecule has 2 heterocycles. The molecule has 13 nitrogen and oxygen atoms in total. The zero-order chi connectivity index (χ0) is 31.0. The number of nitrogens with two attached hydrogens (primary N) is 2. The van der Waals surface area contributed by atoms with Gasteiger partial charge in [-0.3, -0.25) is 24.3 Å². The molecule has 0 bridgehead atoms. The predicted molar refractivity (Wildman–Crippen MR) is 165 cm³/mol. The molecule has 1 aliphatic heterocycles. The second-order valence-corrected chi connectivity index (χ2v) is 12.4. The number of benzodiazepines with no additional fused rings is 1. The van der Waals surface area contributed by atoms with Crippen LogP contribution in [-0.2, 0) is 25.4 Å². The van der Waals surface area contributed by atoms with Gasteiger partial charge in [-0.15, -0.1) is 11.3 Å². The summed E-state index contributed by atoms with van der Waals surface area (Å²) < 4.78 is 28.3. The molecule has 0 saturated carbocycles.